The summed E-state index contributed by atoms with van der Waals surface area (Å²) in [5.41, 5.74) is 1.29. The van der Waals surface area contributed by atoms with Crippen LogP contribution in [0.3, 0.4) is 0 Å². The van der Waals surface area contributed by atoms with Crippen LogP contribution >= 0.6 is 0 Å². The fourth-order valence-electron chi connectivity index (χ4n) is 2.70. The topological polar surface area (TPSA) is 64.1 Å². The number of alkyl halides is 3. The van der Waals surface area contributed by atoms with Crippen LogP contribution in [0.5, 0.6) is 5.75 Å². The van der Waals surface area contributed by atoms with Crippen molar-refractivity contribution in [3.05, 3.63) is 77.1 Å². The Balaban J connectivity index is 1.72. The molecule has 0 saturated heterocycles. The molecule has 0 aliphatic rings. The Labute approximate surface area is 165 Å². The van der Waals surface area contributed by atoms with Gasteiger partial charge in [-0.1, -0.05) is 24.3 Å². The Kier molecular flexibility index (Phi) is 5.81. The van der Waals surface area contributed by atoms with Crippen molar-refractivity contribution in [1.29, 1.82) is 0 Å². The third-order valence-electron chi connectivity index (χ3n) is 4.28. The summed E-state index contributed by atoms with van der Waals surface area (Å²) in [5.74, 6) is 0.599. The second kappa shape index (κ2) is 8.30. The SMILES string of the molecule is COc1cccc(CNC(=O)c2cnc(-c3ccc(C(F)(F)F)cc3)nc2C)c1. The van der Waals surface area contributed by atoms with Crippen LogP contribution in [0.2, 0.25) is 0 Å². The van der Waals surface area contributed by atoms with Gasteiger partial charge in [0.25, 0.3) is 5.91 Å². The number of amides is 1. The van der Waals surface area contributed by atoms with E-state index >= 15 is 0 Å². The van der Waals surface area contributed by atoms with Crippen LogP contribution in [0.1, 0.15) is 27.2 Å². The number of hydrogen-bond acceptors (Lipinski definition) is 4. The second-order valence-corrected chi connectivity index (χ2v) is 6.30. The number of methoxy groups -OCH3 is 1. The number of rotatable bonds is 5. The molecule has 29 heavy (non-hydrogen) atoms. The highest BCUT2D eigenvalue weighted by Gasteiger charge is 2.30. The number of hydrogen-bond donors (Lipinski definition) is 1. The molecule has 0 aliphatic carbocycles. The van der Waals surface area contributed by atoms with Gasteiger partial charge >= 0.3 is 6.18 Å². The van der Waals surface area contributed by atoms with Crippen LogP contribution in [0.15, 0.2) is 54.7 Å². The van der Waals surface area contributed by atoms with Gasteiger partial charge in [0.05, 0.1) is 23.9 Å². The maximum Gasteiger partial charge on any atom is 0.416 e. The first-order valence-corrected chi connectivity index (χ1v) is 8.70. The largest absolute Gasteiger partial charge is 0.497 e. The molecule has 1 heterocycles. The second-order valence-electron chi connectivity index (χ2n) is 6.30. The van der Waals surface area contributed by atoms with Gasteiger partial charge in [-0.2, -0.15) is 13.2 Å². The van der Waals surface area contributed by atoms with Gasteiger partial charge in [0, 0.05) is 18.3 Å². The number of halogens is 3. The summed E-state index contributed by atoms with van der Waals surface area (Å²) in [6, 6.07) is 11.9. The number of ether oxygens (including phenoxy) is 1. The van der Waals surface area contributed by atoms with E-state index in [1.54, 1.807) is 14.0 Å². The first kappa shape index (κ1) is 20.3. The number of aromatic nitrogens is 2. The number of benzene rings is 2. The monoisotopic (exact) mass is 401 g/mol. The molecule has 1 amide bonds. The Morgan fingerprint density at radius 1 is 1.14 bits per heavy atom. The molecule has 3 rings (SSSR count). The van der Waals surface area contributed by atoms with Crippen LogP contribution in [0.4, 0.5) is 13.2 Å². The molecule has 150 valence electrons. The Bertz CT molecular complexity index is 1020. The zero-order chi connectivity index (χ0) is 21.0. The van der Waals surface area contributed by atoms with E-state index in [4.69, 9.17) is 4.74 Å². The van der Waals surface area contributed by atoms with Gasteiger partial charge in [-0.25, -0.2) is 9.97 Å². The quantitative estimate of drug-likeness (QED) is 0.688. The number of aryl methyl sites for hydroxylation is 1. The first-order valence-electron chi connectivity index (χ1n) is 8.70. The van der Waals surface area contributed by atoms with E-state index in [0.29, 0.717) is 29.1 Å². The van der Waals surface area contributed by atoms with Crippen molar-refractivity contribution < 1.29 is 22.7 Å². The fourth-order valence-corrected chi connectivity index (χ4v) is 2.70. The Morgan fingerprint density at radius 3 is 2.48 bits per heavy atom. The molecule has 0 atom stereocenters. The van der Waals surface area contributed by atoms with Crippen molar-refractivity contribution >= 4 is 5.91 Å². The van der Waals surface area contributed by atoms with Crippen molar-refractivity contribution in [1.82, 2.24) is 15.3 Å². The van der Waals surface area contributed by atoms with Gasteiger partial charge in [0.2, 0.25) is 0 Å². The molecule has 0 aliphatic heterocycles. The summed E-state index contributed by atoms with van der Waals surface area (Å²) < 4.78 is 43.2. The summed E-state index contributed by atoms with van der Waals surface area (Å²) in [7, 11) is 1.57. The van der Waals surface area contributed by atoms with Gasteiger partial charge < -0.3 is 10.1 Å². The zero-order valence-electron chi connectivity index (χ0n) is 15.7. The molecule has 5 nitrogen and oxygen atoms in total. The van der Waals surface area contributed by atoms with Crippen LogP contribution in [-0.4, -0.2) is 23.0 Å². The van der Waals surface area contributed by atoms with E-state index in [1.165, 1.54) is 18.3 Å². The highest BCUT2D eigenvalue weighted by atomic mass is 19.4. The molecule has 1 aromatic heterocycles. The average molecular weight is 401 g/mol. The molecule has 0 saturated carbocycles. The lowest BCUT2D eigenvalue weighted by Gasteiger charge is -2.10. The normalized spacial score (nSPS) is 11.2. The molecule has 0 spiro atoms. The minimum absolute atomic E-state index is 0.251. The van der Waals surface area contributed by atoms with E-state index in [2.05, 4.69) is 15.3 Å². The van der Waals surface area contributed by atoms with Crippen LogP contribution in [0, 0.1) is 6.92 Å². The minimum atomic E-state index is -4.40. The van der Waals surface area contributed by atoms with Gasteiger partial charge in [0.1, 0.15) is 5.75 Å². The van der Waals surface area contributed by atoms with Crippen molar-refractivity contribution in [2.24, 2.45) is 0 Å². The molecule has 0 unspecified atom stereocenters. The van der Waals surface area contributed by atoms with Crippen molar-refractivity contribution in [3.8, 4) is 17.1 Å². The maximum atomic E-state index is 12.7. The van der Waals surface area contributed by atoms with Gasteiger partial charge in [-0.05, 0) is 36.8 Å². The lowest BCUT2D eigenvalue weighted by atomic mass is 10.1. The molecule has 8 heteroatoms. The van der Waals surface area contributed by atoms with Gasteiger partial charge in [-0.15, -0.1) is 0 Å². The number of nitrogens with zero attached hydrogens (tertiary/aromatic N) is 2. The van der Waals surface area contributed by atoms with E-state index in [9.17, 15) is 18.0 Å². The van der Waals surface area contributed by atoms with Gasteiger partial charge in [0.15, 0.2) is 5.82 Å². The lowest BCUT2D eigenvalue weighted by molar-refractivity contribution is -0.137. The summed E-state index contributed by atoms with van der Waals surface area (Å²) >= 11 is 0. The van der Waals surface area contributed by atoms with Crippen LogP contribution < -0.4 is 10.1 Å². The molecule has 0 fully saturated rings. The first-order chi connectivity index (χ1) is 13.8. The van der Waals surface area contributed by atoms with Crippen molar-refractivity contribution in [3.63, 3.8) is 0 Å². The van der Waals surface area contributed by atoms with Crippen molar-refractivity contribution in [2.45, 2.75) is 19.6 Å². The predicted octanol–water partition coefficient (Wildman–Crippen LogP) is 4.41. The third-order valence-corrected chi connectivity index (χ3v) is 4.28. The number of carbonyl (C=O) groups is 1. The maximum absolute atomic E-state index is 12.7. The van der Waals surface area contributed by atoms with E-state index in [-0.39, 0.29) is 11.7 Å². The molecule has 2 aromatic carbocycles. The number of carbonyl (C=O) groups excluding carboxylic acids is 1. The lowest BCUT2D eigenvalue weighted by Crippen LogP contribution is -2.24. The number of nitrogens with one attached hydrogen (secondary N) is 1. The summed E-state index contributed by atoms with van der Waals surface area (Å²) in [6.45, 7) is 1.95. The van der Waals surface area contributed by atoms with Crippen molar-refractivity contribution in [2.75, 3.05) is 7.11 Å². The molecular weight excluding hydrogens is 383 g/mol. The average Bonchev–Trinajstić information content (AvgIpc) is 2.71. The van der Waals surface area contributed by atoms with E-state index < -0.39 is 11.7 Å². The van der Waals surface area contributed by atoms with Crippen LogP contribution in [0.25, 0.3) is 11.4 Å². The van der Waals surface area contributed by atoms with E-state index in [1.807, 2.05) is 24.3 Å². The molecule has 0 radical (unpaired) electrons. The highest BCUT2D eigenvalue weighted by Crippen LogP contribution is 2.30. The highest BCUT2D eigenvalue weighted by molar-refractivity contribution is 5.95. The smallest absolute Gasteiger partial charge is 0.416 e. The van der Waals surface area contributed by atoms with Crippen LogP contribution in [-0.2, 0) is 12.7 Å². The zero-order valence-corrected chi connectivity index (χ0v) is 15.7. The van der Waals surface area contributed by atoms with Gasteiger partial charge in [-0.3, -0.25) is 4.79 Å². The minimum Gasteiger partial charge on any atom is -0.497 e. The molecule has 0 bridgehead atoms. The van der Waals surface area contributed by atoms with E-state index in [0.717, 1.165) is 17.7 Å². The Morgan fingerprint density at radius 2 is 1.86 bits per heavy atom. The fraction of sp³-hybridized carbons (Fsp3) is 0.190. The standard InChI is InChI=1S/C21H18F3N3O2/c1-13-18(20(28)26-11-14-4-3-5-17(10-14)29-2)12-25-19(27-13)15-6-8-16(9-7-15)21(22,23)24/h3-10,12H,11H2,1-2H3,(H,26,28). The molecule has 1 N–H and O–H groups in total. The summed E-state index contributed by atoms with van der Waals surface area (Å²) in [6.07, 6.45) is -3.03. The predicted molar refractivity (Wildman–Crippen MR) is 101 cm³/mol. The Hall–Kier alpha value is -3.42. The summed E-state index contributed by atoms with van der Waals surface area (Å²) in [5, 5.41) is 2.79. The third kappa shape index (κ3) is 4.90. The summed E-state index contributed by atoms with van der Waals surface area (Å²) in [4.78, 5) is 20.8. The molecular formula is C21H18F3N3O2. The molecule has 3 aromatic rings.